The van der Waals surface area contributed by atoms with Gasteiger partial charge in [0.2, 0.25) is 0 Å². The molecular weight excluding hydrogens is 210 g/mol. The van der Waals surface area contributed by atoms with E-state index in [0.717, 1.165) is 19.5 Å². The van der Waals surface area contributed by atoms with Crippen molar-refractivity contribution in [2.24, 2.45) is 0 Å². The van der Waals surface area contributed by atoms with Crippen LogP contribution in [0.5, 0.6) is 0 Å². The molecular formula is C15H23NO. The van der Waals surface area contributed by atoms with Crippen molar-refractivity contribution in [3.8, 4) is 0 Å². The van der Waals surface area contributed by atoms with Crippen LogP contribution in [0.15, 0.2) is 30.3 Å². The van der Waals surface area contributed by atoms with Crippen LogP contribution in [0.4, 0.5) is 0 Å². The molecule has 0 amide bonds. The van der Waals surface area contributed by atoms with Crippen LogP contribution in [0.2, 0.25) is 0 Å². The molecule has 1 heterocycles. The number of aliphatic hydroxyl groups excluding tert-OH is 1. The second-order valence-corrected chi connectivity index (χ2v) is 5.16. The highest BCUT2D eigenvalue weighted by Crippen LogP contribution is 2.38. The number of rotatable bonds is 4. The van der Waals surface area contributed by atoms with Crippen LogP contribution >= 0.6 is 0 Å². The second kappa shape index (κ2) is 5.19. The molecule has 1 aromatic rings. The standard InChI is InChI=1S/C15H23NO/c1-3-4-11-16-12-10-14(17)15(16,2)13-8-6-5-7-9-13/h5-9,14,17H,3-4,10-12H2,1-2H3/t14-,15-/m1/s1. The van der Waals surface area contributed by atoms with E-state index in [-0.39, 0.29) is 11.6 Å². The summed E-state index contributed by atoms with van der Waals surface area (Å²) in [6.45, 7) is 6.48. The minimum Gasteiger partial charge on any atom is -0.391 e. The quantitative estimate of drug-likeness (QED) is 0.864. The van der Waals surface area contributed by atoms with Crippen molar-refractivity contribution in [2.75, 3.05) is 13.1 Å². The van der Waals surface area contributed by atoms with E-state index >= 15 is 0 Å². The largest absolute Gasteiger partial charge is 0.391 e. The Labute approximate surface area is 104 Å². The molecule has 94 valence electrons. The van der Waals surface area contributed by atoms with Gasteiger partial charge in [-0.15, -0.1) is 0 Å². The zero-order valence-electron chi connectivity index (χ0n) is 10.9. The van der Waals surface area contributed by atoms with Gasteiger partial charge in [-0.3, -0.25) is 4.90 Å². The van der Waals surface area contributed by atoms with Gasteiger partial charge in [-0.2, -0.15) is 0 Å². The molecule has 17 heavy (non-hydrogen) atoms. The zero-order valence-corrected chi connectivity index (χ0v) is 10.9. The van der Waals surface area contributed by atoms with Crippen molar-refractivity contribution in [1.29, 1.82) is 0 Å². The van der Waals surface area contributed by atoms with Crippen LogP contribution < -0.4 is 0 Å². The van der Waals surface area contributed by atoms with Crippen LogP contribution in [-0.2, 0) is 5.54 Å². The molecule has 2 rings (SSSR count). The Bertz CT molecular complexity index is 351. The Balaban J connectivity index is 2.25. The van der Waals surface area contributed by atoms with Gasteiger partial charge in [-0.05, 0) is 31.9 Å². The second-order valence-electron chi connectivity index (χ2n) is 5.16. The minimum atomic E-state index is -0.248. The number of hydrogen-bond acceptors (Lipinski definition) is 2. The van der Waals surface area contributed by atoms with E-state index in [2.05, 4.69) is 43.0 Å². The number of benzene rings is 1. The summed E-state index contributed by atoms with van der Waals surface area (Å²) >= 11 is 0. The van der Waals surface area contributed by atoms with E-state index in [4.69, 9.17) is 0 Å². The van der Waals surface area contributed by atoms with E-state index in [9.17, 15) is 5.11 Å². The van der Waals surface area contributed by atoms with Gasteiger partial charge in [0.25, 0.3) is 0 Å². The third-order valence-electron chi connectivity index (χ3n) is 4.12. The highest BCUT2D eigenvalue weighted by molar-refractivity contribution is 5.27. The Morgan fingerprint density at radius 1 is 1.35 bits per heavy atom. The Morgan fingerprint density at radius 3 is 2.71 bits per heavy atom. The molecule has 1 aliphatic heterocycles. The number of nitrogens with zero attached hydrogens (tertiary/aromatic N) is 1. The van der Waals surface area contributed by atoms with Crippen molar-refractivity contribution in [2.45, 2.75) is 44.8 Å². The first kappa shape index (κ1) is 12.6. The van der Waals surface area contributed by atoms with E-state index in [1.165, 1.54) is 18.4 Å². The van der Waals surface area contributed by atoms with Crippen molar-refractivity contribution in [1.82, 2.24) is 4.90 Å². The van der Waals surface area contributed by atoms with Gasteiger partial charge >= 0.3 is 0 Å². The molecule has 1 N–H and O–H groups in total. The molecule has 0 saturated carbocycles. The smallest absolute Gasteiger partial charge is 0.0775 e. The lowest BCUT2D eigenvalue weighted by Gasteiger charge is -2.38. The van der Waals surface area contributed by atoms with E-state index in [0.29, 0.717) is 0 Å². The highest BCUT2D eigenvalue weighted by atomic mass is 16.3. The number of unbranched alkanes of at least 4 members (excludes halogenated alkanes) is 1. The van der Waals surface area contributed by atoms with Gasteiger partial charge in [0.15, 0.2) is 0 Å². The lowest BCUT2D eigenvalue weighted by atomic mass is 9.87. The van der Waals surface area contributed by atoms with Gasteiger partial charge in [0.1, 0.15) is 0 Å². The maximum atomic E-state index is 10.3. The predicted molar refractivity (Wildman–Crippen MR) is 70.9 cm³/mol. The van der Waals surface area contributed by atoms with Crippen LogP contribution in [0, 0.1) is 0 Å². The number of likely N-dealkylation sites (tertiary alicyclic amines) is 1. The maximum absolute atomic E-state index is 10.3. The summed E-state index contributed by atoms with van der Waals surface area (Å²) in [5.74, 6) is 0. The molecule has 0 aliphatic carbocycles. The monoisotopic (exact) mass is 233 g/mol. The van der Waals surface area contributed by atoms with E-state index < -0.39 is 0 Å². The third-order valence-corrected chi connectivity index (χ3v) is 4.12. The fourth-order valence-corrected chi connectivity index (χ4v) is 2.85. The fourth-order valence-electron chi connectivity index (χ4n) is 2.85. The van der Waals surface area contributed by atoms with Gasteiger partial charge < -0.3 is 5.11 Å². The number of hydrogen-bond donors (Lipinski definition) is 1. The van der Waals surface area contributed by atoms with Crippen LogP contribution in [0.1, 0.15) is 38.7 Å². The Hall–Kier alpha value is -0.860. The molecule has 0 bridgehead atoms. The summed E-state index contributed by atoms with van der Waals surface area (Å²) in [4.78, 5) is 2.44. The van der Waals surface area contributed by atoms with Gasteiger partial charge in [-0.25, -0.2) is 0 Å². The van der Waals surface area contributed by atoms with Crippen molar-refractivity contribution >= 4 is 0 Å². The summed E-state index contributed by atoms with van der Waals surface area (Å²) < 4.78 is 0. The molecule has 0 aromatic heterocycles. The zero-order chi connectivity index (χ0) is 12.3. The third kappa shape index (κ3) is 2.24. The topological polar surface area (TPSA) is 23.5 Å². The molecule has 0 radical (unpaired) electrons. The average molecular weight is 233 g/mol. The lowest BCUT2D eigenvalue weighted by Crippen LogP contribution is -2.45. The normalized spacial score (nSPS) is 29.7. The highest BCUT2D eigenvalue weighted by Gasteiger charge is 2.44. The predicted octanol–water partition coefficient (Wildman–Crippen LogP) is 2.77. The SMILES string of the molecule is CCCCN1CC[C@@H](O)[C@@]1(C)c1ccccc1. The first-order valence-electron chi connectivity index (χ1n) is 6.68. The van der Waals surface area contributed by atoms with E-state index in [1.807, 2.05) is 6.07 Å². The molecule has 0 spiro atoms. The Morgan fingerprint density at radius 2 is 2.06 bits per heavy atom. The summed E-state index contributed by atoms with van der Waals surface area (Å²) in [6.07, 6.45) is 3.04. The van der Waals surface area contributed by atoms with Gasteiger partial charge in [0.05, 0.1) is 11.6 Å². The maximum Gasteiger partial charge on any atom is 0.0775 e. The minimum absolute atomic E-state index is 0.198. The van der Waals surface area contributed by atoms with Gasteiger partial charge in [-0.1, -0.05) is 43.7 Å². The van der Waals surface area contributed by atoms with Crippen molar-refractivity contribution in [3.05, 3.63) is 35.9 Å². The molecule has 1 saturated heterocycles. The van der Waals surface area contributed by atoms with Crippen LogP contribution in [0.3, 0.4) is 0 Å². The molecule has 1 aromatic carbocycles. The summed E-state index contributed by atoms with van der Waals surface area (Å²) in [6, 6.07) is 10.4. The molecule has 1 aliphatic rings. The first-order valence-corrected chi connectivity index (χ1v) is 6.68. The molecule has 2 heteroatoms. The summed E-state index contributed by atoms with van der Waals surface area (Å²) in [5, 5.41) is 10.3. The average Bonchev–Trinajstić information content (AvgIpc) is 2.66. The molecule has 1 fully saturated rings. The van der Waals surface area contributed by atoms with E-state index in [1.54, 1.807) is 0 Å². The Kier molecular flexibility index (Phi) is 3.85. The molecule has 2 nitrogen and oxygen atoms in total. The first-order chi connectivity index (χ1) is 8.19. The molecule has 2 atom stereocenters. The molecule has 0 unspecified atom stereocenters. The van der Waals surface area contributed by atoms with Crippen LogP contribution in [-0.4, -0.2) is 29.2 Å². The van der Waals surface area contributed by atoms with Gasteiger partial charge in [0, 0.05) is 6.54 Å². The fraction of sp³-hybridized carbons (Fsp3) is 0.600. The van der Waals surface area contributed by atoms with Crippen molar-refractivity contribution in [3.63, 3.8) is 0 Å². The summed E-state index contributed by atoms with van der Waals surface area (Å²) in [5.41, 5.74) is 1.04. The number of aliphatic hydroxyl groups is 1. The van der Waals surface area contributed by atoms with Crippen molar-refractivity contribution < 1.29 is 5.11 Å². The lowest BCUT2D eigenvalue weighted by molar-refractivity contribution is 0.0375. The summed E-state index contributed by atoms with van der Waals surface area (Å²) in [7, 11) is 0. The van der Waals surface area contributed by atoms with Crippen LogP contribution in [0.25, 0.3) is 0 Å².